The first-order valence-corrected chi connectivity index (χ1v) is 9.47. The molecule has 1 aliphatic heterocycles. The van der Waals surface area contributed by atoms with Gasteiger partial charge >= 0.3 is 0 Å². The average molecular weight is 379 g/mol. The maximum Gasteiger partial charge on any atom is 0.243 e. The van der Waals surface area contributed by atoms with Crippen molar-refractivity contribution in [1.82, 2.24) is 10.2 Å². The maximum absolute atomic E-state index is 12.3. The Balaban J connectivity index is 1.70. The molecule has 26 heavy (non-hydrogen) atoms. The zero-order valence-electron chi connectivity index (χ0n) is 15.1. The van der Waals surface area contributed by atoms with E-state index in [2.05, 4.69) is 5.32 Å². The van der Waals surface area contributed by atoms with Gasteiger partial charge in [-0.25, -0.2) is 0 Å². The van der Waals surface area contributed by atoms with Crippen molar-refractivity contribution in [3.05, 3.63) is 30.3 Å². The van der Waals surface area contributed by atoms with Gasteiger partial charge in [-0.1, -0.05) is 18.2 Å². The van der Waals surface area contributed by atoms with E-state index in [1.165, 1.54) is 16.7 Å². The fourth-order valence-corrected chi connectivity index (χ4v) is 3.95. The third-order valence-electron chi connectivity index (χ3n) is 4.13. The van der Waals surface area contributed by atoms with Crippen LogP contribution in [0.1, 0.15) is 26.7 Å². The minimum absolute atomic E-state index is 0.140. The zero-order valence-corrected chi connectivity index (χ0v) is 15.9. The van der Waals surface area contributed by atoms with Crippen molar-refractivity contribution in [2.45, 2.75) is 37.5 Å². The van der Waals surface area contributed by atoms with Crippen LogP contribution in [0.2, 0.25) is 0 Å². The second kappa shape index (κ2) is 8.93. The minimum Gasteiger partial charge on any atom is -0.494 e. The summed E-state index contributed by atoms with van der Waals surface area (Å²) in [7, 11) is 0. The van der Waals surface area contributed by atoms with Crippen molar-refractivity contribution >= 4 is 29.5 Å². The number of nitrogens with one attached hydrogen (secondary N) is 1. The van der Waals surface area contributed by atoms with Crippen molar-refractivity contribution < 1.29 is 19.1 Å². The molecule has 1 unspecified atom stereocenters. The van der Waals surface area contributed by atoms with Crippen LogP contribution in [0.25, 0.3) is 0 Å². The van der Waals surface area contributed by atoms with Crippen molar-refractivity contribution in [2.75, 3.05) is 19.0 Å². The number of hydrogen-bond donors (Lipinski definition) is 2. The molecule has 1 aromatic rings. The highest BCUT2D eigenvalue weighted by Gasteiger charge is 2.46. The predicted octanol–water partition coefficient (Wildman–Crippen LogP) is 1.13. The van der Waals surface area contributed by atoms with Crippen LogP contribution in [0.4, 0.5) is 0 Å². The zero-order chi connectivity index (χ0) is 19.2. The number of rotatable bonds is 8. The normalized spacial score (nSPS) is 18.4. The van der Waals surface area contributed by atoms with Crippen molar-refractivity contribution in [1.29, 1.82) is 0 Å². The second-order valence-electron chi connectivity index (χ2n) is 6.59. The Bertz CT molecular complexity index is 651. The molecular weight excluding hydrogens is 354 g/mol. The Morgan fingerprint density at radius 2 is 2.00 bits per heavy atom. The van der Waals surface area contributed by atoms with Crippen LogP contribution in [-0.4, -0.2) is 52.4 Å². The summed E-state index contributed by atoms with van der Waals surface area (Å²) in [5.74, 6) is 0.0882. The molecule has 0 aliphatic carbocycles. The number of hydrogen-bond acceptors (Lipinski definition) is 5. The van der Waals surface area contributed by atoms with Gasteiger partial charge < -0.3 is 20.7 Å². The number of amides is 3. The van der Waals surface area contributed by atoms with Gasteiger partial charge in [0, 0.05) is 11.2 Å². The van der Waals surface area contributed by atoms with Crippen LogP contribution in [0.3, 0.4) is 0 Å². The van der Waals surface area contributed by atoms with Crippen molar-refractivity contribution in [3.63, 3.8) is 0 Å². The van der Waals surface area contributed by atoms with Gasteiger partial charge in [-0.15, -0.1) is 11.8 Å². The lowest BCUT2D eigenvalue weighted by atomic mass is 10.0. The number of nitrogens with zero attached hydrogens (tertiary/aromatic N) is 1. The van der Waals surface area contributed by atoms with E-state index in [0.717, 1.165) is 5.75 Å². The quantitative estimate of drug-likeness (QED) is 0.659. The largest absolute Gasteiger partial charge is 0.494 e. The molecule has 1 heterocycles. The number of thioether (sulfide) groups is 1. The van der Waals surface area contributed by atoms with Crippen LogP contribution in [0.5, 0.6) is 5.75 Å². The standard InChI is InChI=1S/C18H25N3O4S/c1-18(2)16(17(19)24)21(12-26-18)15(23)11-20-14(22)9-6-10-25-13-7-4-3-5-8-13/h3-5,7-8,16H,6,9-12H2,1-2H3,(H2,19,24)(H,20,22). The molecule has 1 saturated heterocycles. The first kappa shape index (κ1) is 20.1. The number of ether oxygens (including phenoxy) is 1. The number of nitrogens with two attached hydrogens (primary N) is 1. The summed E-state index contributed by atoms with van der Waals surface area (Å²) in [6.07, 6.45) is 0.811. The summed E-state index contributed by atoms with van der Waals surface area (Å²) in [5, 5.41) is 2.60. The summed E-state index contributed by atoms with van der Waals surface area (Å²) < 4.78 is 5.09. The summed E-state index contributed by atoms with van der Waals surface area (Å²) in [6.45, 7) is 4.04. The van der Waals surface area contributed by atoms with E-state index in [4.69, 9.17) is 10.5 Å². The van der Waals surface area contributed by atoms with Crippen LogP contribution < -0.4 is 15.8 Å². The molecular formula is C18H25N3O4S. The lowest BCUT2D eigenvalue weighted by Gasteiger charge is -2.28. The van der Waals surface area contributed by atoms with Crippen LogP contribution in [0.15, 0.2) is 30.3 Å². The number of primary amides is 1. The maximum atomic E-state index is 12.3. The molecule has 1 atom stereocenters. The fraction of sp³-hybridized carbons (Fsp3) is 0.500. The molecule has 0 spiro atoms. The Morgan fingerprint density at radius 3 is 2.65 bits per heavy atom. The highest BCUT2D eigenvalue weighted by atomic mass is 32.2. The highest BCUT2D eigenvalue weighted by Crippen LogP contribution is 2.38. The summed E-state index contributed by atoms with van der Waals surface area (Å²) in [4.78, 5) is 37.3. The average Bonchev–Trinajstić information content (AvgIpc) is 2.93. The van der Waals surface area contributed by atoms with Gasteiger partial charge in [0.15, 0.2) is 0 Å². The third-order valence-corrected chi connectivity index (χ3v) is 5.51. The molecule has 3 amide bonds. The molecule has 1 aliphatic rings. The summed E-state index contributed by atoms with van der Waals surface area (Å²) in [5.41, 5.74) is 5.44. The van der Waals surface area contributed by atoms with Crippen LogP contribution in [-0.2, 0) is 14.4 Å². The van der Waals surface area contributed by atoms with E-state index < -0.39 is 16.7 Å². The molecule has 0 radical (unpaired) electrons. The van der Waals surface area contributed by atoms with E-state index in [0.29, 0.717) is 18.9 Å². The summed E-state index contributed by atoms with van der Waals surface area (Å²) >= 11 is 1.50. The molecule has 0 saturated carbocycles. The van der Waals surface area contributed by atoms with Crippen LogP contribution in [0, 0.1) is 0 Å². The molecule has 0 aromatic heterocycles. The van der Waals surface area contributed by atoms with E-state index in [9.17, 15) is 14.4 Å². The fourth-order valence-electron chi connectivity index (χ4n) is 2.78. The van der Waals surface area contributed by atoms with Crippen molar-refractivity contribution in [3.8, 4) is 5.75 Å². The van der Waals surface area contributed by atoms with Crippen LogP contribution >= 0.6 is 11.8 Å². The number of carbonyl (C=O) groups excluding carboxylic acids is 3. The Labute approximate surface area is 157 Å². The molecule has 142 valence electrons. The van der Waals surface area contributed by atoms with Gasteiger partial charge in [-0.2, -0.15) is 0 Å². The van der Waals surface area contributed by atoms with E-state index >= 15 is 0 Å². The molecule has 2 rings (SSSR count). The number of benzene rings is 1. The van der Waals surface area contributed by atoms with E-state index in [1.807, 2.05) is 44.2 Å². The second-order valence-corrected chi connectivity index (χ2v) is 8.19. The molecule has 3 N–H and O–H groups in total. The monoisotopic (exact) mass is 379 g/mol. The van der Waals surface area contributed by atoms with Gasteiger partial charge in [0.2, 0.25) is 17.7 Å². The van der Waals surface area contributed by atoms with Gasteiger partial charge in [-0.05, 0) is 32.4 Å². The highest BCUT2D eigenvalue weighted by molar-refractivity contribution is 8.00. The van der Waals surface area contributed by atoms with E-state index in [-0.39, 0.29) is 24.8 Å². The Hall–Kier alpha value is -2.22. The molecule has 7 nitrogen and oxygen atoms in total. The lowest BCUT2D eigenvalue weighted by molar-refractivity contribution is -0.138. The van der Waals surface area contributed by atoms with Crippen molar-refractivity contribution in [2.24, 2.45) is 5.73 Å². The third kappa shape index (κ3) is 5.39. The first-order valence-electron chi connectivity index (χ1n) is 8.48. The number of para-hydroxylation sites is 1. The van der Waals surface area contributed by atoms with Gasteiger partial charge in [0.25, 0.3) is 0 Å². The molecule has 0 bridgehead atoms. The number of carbonyl (C=O) groups is 3. The Kier molecular flexibility index (Phi) is 6.90. The lowest BCUT2D eigenvalue weighted by Crippen LogP contribution is -2.53. The van der Waals surface area contributed by atoms with Gasteiger partial charge in [0.05, 0.1) is 19.0 Å². The Morgan fingerprint density at radius 1 is 1.31 bits per heavy atom. The molecule has 1 aromatic carbocycles. The smallest absolute Gasteiger partial charge is 0.243 e. The minimum atomic E-state index is -0.670. The van der Waals surface area contributed by atoms with Gasteiger partial charge in [0.1, 0.15) is 11.8 Å². The summed E-state index contributed by atoms with van der Waals surface area (Å²) in [6, 6.07) is 8.69. The molecule has 1 fully saturated rings. The predicted molar refractivity (Wildman–Crippen MR) is 101 cm³/mol. The van der Waals surface area contributed by atoms with E-state index in [1.54, 1.807) is 0 Å². The topological polar surface area (TPSA) is 102 Å². The van der Waals surface area contributed by atoms with Gasteiger partial charge in [-0.3, -0.25) is 14.4 Å². The first-order chi connectivity index (χ1) is 12.3. The SMILES string of the molecule is CC1(C)SCN(C(=O)CNC(=O)CCCOc2ccccc2)C1C(N)=O. The molecule has 8 heteroatoms.